The monoisotopic (exact) mass is 139 g/mol. The molecule has 1 aromatic heterocycles. The Hall–Kier alpha value is -0.920. The topological polar surface area (TPSA) is 25.2 Å². The average Bonchev–Trinajstić information content (AvgIpc) is 2.34. The van der Waals surface area contributed by atoms with E-state index >= 15 is 0 Å². The fourth-order valence-corrected chi connectivity index (χ4v) is 0.687. The van der Waals surface area contributed by atoms with E-state index in [1.807, 2.05) is 6.07 Å². The zero-order valence-electron chi connectivity index (χ0n) is 6.42. The van der Waals surface area contributed by atoms with Crippen LogP contribution in [-0.2, 0) is 0 Å². The molecule has 1 rings (SSSR count). The van der Waals surface area contributed by atoms with Crippen LogP contribution < -0.4 is 5.32 Å². The lowest BCUT2D eigenvalue weighted by Crippen LogP contribution is -2.06. The quantitative estimate of drug-likeness (QED) is 0.695. The van der Waals surface area contributed by atoms with Crippen molar-refractivity contribution in [2.24, 2.45) is 5.92 Å². The summed E-state index contributed by atoms with van der Waals surface area (Å²) in [5, 5.41) is 3.23. The van der Waals surface area contributed by atoms with E-state index in [0.29, 0.717) is 5.92 Å². The van der Waals surface area contributed by atoms with Gasteiger partial charge in [-0.25, -0.2) is 0 Å². The smallest absolute Gasteiger partial charge is 0.113 e. The largest absolute Gasteiger partial charge is 0.470 e. The van der Waals surface area contributed by atoms with Crippen LogP contribution in [-0.4, -0.2) is 6.54 Å². The Labute approximate surface area is 61.2 Å². The summed E-state index contributed by atoms with van der Waals surface area (Å²) in [6.45, 7) is 5.35. The zero-order valence-corrected chi connectivity index (χ0v) is 6.42. The van der Waals surface area contributed by atoms with Crippen molar-refractivity contribution in [3.63, 3.8) is 0 Å². The molecule has 0 unspecified atom stereocenters. The van der Waals surface area contributed by atoms with Crippen molar-refractivity contribution in [3.05, 3.63) is 18.6 Å². The van der Waals surface area contributed by atoms with E-state index in [1.54, 1.807) is 12.5 Å². The predicted octanol–water partition coefficient (Wildman–Crippen LogP) is 2.35. The first kappa shape index (κ1) is 7.19. The number of hydrogen-bond donors (Lipinski definition) is 1. The SMILES string of the molecule is CC(C)CNc1ccoc1. The van der Waals surface area contributed by atoms with Crippen LogP contribution in [0.15, 0.2) is 23.0 Å². The van der Waals surface area contributed by atoms with Gasteiger partial charge < -0.3 is 9.73 Å². The Morgan fingerprint density at radius 3 is 2.90 bits per heavy atom. The molecule has 2 heteroatoms. The molecule has 1 aromatic rings. The second-order valence-corrected chi connectivity index (χ2v) is 2.79. The second-order valence-electron chi connectivity index (χ2n) is 2.79. The molecule has 0 spiro atoms. The van der Waals surface area contributed by atoms with Gasteiger partial charge in [0, 0.05) is 6.54 Å². The third-order valence-corrected chi connectivity index (χ3v) is 1.24. The van der Waals surface area contributed by atoms with E-state index in [1.165, 1.54) is 0 Å². The normalized spacial score (nSPS) is 10.3. The highest BCUT2D eigenvalue weighted by Crippen LogP contribution is 2.06. The lowest BCUT2D eigenvalue weighted by atomic mass is 10.2. The van der Waals surface area contributed by atoms with E-state index in [2.05, 4.69) is 19.2 Å². The maximum Gasteiger partial charge on any atom is 0.113 e. The van der Waals surface area contributed by atoms with E-state index in [-0.39, 0.29) is 0 Å². The molecular weight excluding hydrogens is 126 g/mol. The van der Waals surface area contributed by atoms with Crippen molar-refractivity contribution in [1.82, 2.24) is 0 Å². The highest BCUT2D eigenvalue weighted by atomic mass is 16.3. The third-order valence-electron chi connectivity index (χ3n) is 1.24. The van der Waals surface area contributed by atoms with Gasteiger partial charge in [-0.3, -0.25) is 0 Å². The fraction of sp³-hybridized carbons (Fsp3) is 0.500. The summed E-state index contributed by atoms with van der Waals surface area (Å²) >= 11 is 0. The first-order valence-electron chi connectivity index (χ1n) is 3.55. The number of anilines is 1. The average molecular weight is 139 g/mol. The van der Waals surface area contributed by atoms with Crippen molar-refractivity contribution in [2.45, 2.75) is 13.8 Å². The van der Waals surface area contributed by atoms with Gasteiger partial charge in [-0.2, -0.15) is 0 Å². The number of nitrogens with one attached hydrogen (secondary N) is 1. The summed E-state index contributed by atoms with van der Waals surface area (Å²) in [6, 6.07) is 1.92. The molecule has 0 amide bonds. The summed E-state index contributed by atoms with van der Waals surface area (Å²) < 4.78 is 4.88. The summed E-state index contributed by atoms with van der Waals surface area (Å²) in [4.78, 5) is 0. The van der Waals surface area contributed by atoms with Crippen molar-refractivity contribution >= 4 is 5.69 Å². The lowest BCUT2D eigenvalue weighted by Gasteiger charge is -2.04. The molecule has 1 heterocycles. The van der Waals surface area contributed by atoms with Gasteiger partial charge in [0.2, 0.25) is 0 Å². The Morgan fingerprint density at radius 2 is 2.40 bits per heavy atom. The molecule has 1 N–H and O–H groups in total. The molecule has 10 heavy (non-hydrogen) atoms. The lowest BCUT2D eigenvalue weighted by molar-refractivity contribution is 0.567. The molecule has 0 fully saturated rings. The van der Waals surface area contributed by atoms with Gasteiger partial charge in [-0.1, -0.05) is 13.8 Å². The Morgan fingerprint density at radius 1 is 1.60 bits per heavy atom. The Bertz CT molecular complexity index is 167. The molecule has 0 saturated carbocycles. The molecular formula is C8H13NO. The van der Waals surface area contributed by atoms with E-state index in [0.717, 1.165) is 12.2 Å². The molecule has 0 bridgehead atoms. The summed E-state index contributed by atoms with van der Waals surface area (Å²) in [5.41, 5.74) is 1.06. The number of hydrogen-bond acceptors (Lipinski definition) is 2. The Balaban J connectivity index is 2.28. The molecule has 0 saturated heterocycles. The van der Waals surface area contributed by atoms with Gasteiger partial charge in [0.25, 0.3) is 0 Å². The van der Waals surface area contributed by atoms with Gasteiger partial charge >= 0.3 is 0 Å². The minimum atomic E-state index is 0.676. The third kappa shape index (κ3) is 2.13. The highest BCUT2D eigenvalue weighted by molar-refractivity contribution is 5.38. The standard InChI is InChI=1S/C8H13NO/c1-7(2)5-9-8-3-4-10-6-8/h3-4,6-7,9H,5H2,1-2H3. The molecule has 56 valence electrons. The second kappa shape index (κ2) is 3.30. The molecule has 0 radical (unpaired) electrons. The van der Waals surface area contributed by atoms with Crippen LogP contribution in [0, 0.1) is 5.92 Å². The van der Waals surface area contributed by atoms with Gasteiger partial charge in [0.15, 0.2) is 0 Å². The predicted molar refractivity (Wildman–Crippen MR) is 42.0 cm³/mol. The molecule has 2 nitrogen and oxygen atoms in total. The fourth-order valence-electron chi connectivity index (χ4n) is 0.687. The Kier molecular flexibility index (Phi) is 2.37. The van der Waals surface area contributed by atoms with Crippen LogP contribution in [0.25, 0.3) is 0 Å². The van der Waals surface area contributed by atoms with Gasteiger partial charge in [-0.15, -0.1) is 0 Å². The molecule has 0 aliphatic carbocycles. The van der Waals surface area contributed by atoms with Crippen LogP contribution in [0.1, 0.15) is 13.8 Å². The number of furan rings is 1. The van der Waals surface area contributed by atoms with Crippen LogP contribution in [0.5, 0.6) is 0 Å². The molecule has 0 atom stereocenters. The highest BCUT2D eigenvalue weighted by Gasteiger charge is 1.93. The number of rotatable bonds is 3. The van der Waals surface area contributed by atoms with E-state index in [9.17, 15) is 0 Å². The molecule has 0 aliphatic rings. The van der Waals surface area contributed by atoms with Gasteiger partial charge in [-0.05, 0) is 12.0 Å². The minimum absolute atomic E-state index is 0.676. The van der Waals surface area contributed by atoms with Crippen LogP contribution in [0.2, 0.25) is 0 Å². The minimum Gasteiger partial charge on any atom is -0.470 e. The summed E-state index contributed by atoms with van der Waals surface area (Å²) in [6.07, 6.45) is 3.38. The van der Waals surface area contributed by atoms with Crippen molar-refractivity contribution in [1.29, 1.82) is 0 Å². The van der Waals surface area contributed by atoms with Gasteiger partial charge in [0.1, 0.15) is 6.26 Å². The maximum absolute atomic E-state index is 4.88. The first-order chi connectivity index (χ1) is 4.79. The van der Waals surface area contributed by atoms with E-state index in [4.69, 9.17) is 4.42 Å². The zero-order chi connectivity index (χ0) is 7.40. The summed E-state index contributed by atoms with van der Waals surface area (Å²) in [5.74, 6) is 0.676. The molecule has 0 aliphatic heterocycles. The maximum atomic E-state index is 4.88. The van der Waals surface area contributed by atoms with Crippen LogP contribution >= 0.6 is 0 Å². The molecule has 0 aromatic carbocycles. The summed E-state index contributed by atoms with van der Waals surface area (Å²) in [7, 11) is 0. The van der Waals surface area contributed by atoms with Crippen molar-refractivity contribution in [3.8, 4) is 0 Å². The van der Waals surface area contributed by atoms with Gasteiger partial charge in [0.05, 0.1) is 12.0 Å². The van der Waals surface area contributed by atoms with Crippen LogP contribution in [0.4, 0.5) is 5.69 Å². The van der Waals surface area contributed by atoms with Crippen molar-refractivity contribution < 1.29 is 4.42 Å². The van der Waals surface area contributed by atoms with Crippen LogP contribution in [0.3, 0.4) is 0 Å². The van der Waals surface area contributed by atoms with E-state index < -0.39 is 0 Å². The first-order valence-corrected chi connectivity index (χ1v) is 3.55. The van der Waals surface area contributed by atoms with Crippen molar-refractivity contribution in [2.75, 3.05) is 11.9 Å².